The lowest BCUT2D eigenvalue weighted by molar-refractivity contribution is -0.141. The fraction of sp³-hybridized carbons (Fsp3) is 0.435. The molecule has 2 aromatic heterocycles. The average Bonchev–Trinajstić information content (AvgIpc) is 3.06. The van der Waals surface area contributed by atoms with Crippen molar-refractivity contribution < 1.29 is 22.7 Å². The second-order valence-corrected chi connectivity index (χ2v) is 9.27. The van der Waals surface area contributed by atoms with Crippen LogP contribution in [0.5, 0.6) is 5.75 Å². The summed E-state index contributed by atoms with van der Waals surface area (Å²) in [4.78, 5) is 16.0. The monoisotopic (exact) mass is 446 g/mol. The quantitative estimate of drug-likeness (QED) is 0.558. The summed E-state index contributed by atoms with van der Waals surface area (Å²) in [5, 5.41) is 8.08. The molecule has 1 N–H and O–H groups in total. The molecule has 1 amide bonds. The van der Waals surface area contributed by atoms with E-state index in [2.05, 4.69) is 36.2 Å². The Balaban J connectivity index is 1.57. The highest BCUT2D eigenvalue weighted by atomic mass is 19.4. The van der Waals surface area contributed by atoms with Crippen molar-refractivity contribution in [3.8, 4) is 5.75 Å². The molecule has 0 atom stereocenters. The van der Waals surface area contributed by atoms with Crippen LogP contribution in [-0.4, -0.2) is 27.8 Å². The number of nitrogens with zero attached hydrogens (tertiary/aromatic N) is 3. The lowest BCUT2D eigenvalue weighted by Crippen LogP contribution is -2.35. The number of anilines is 1. The van der Waals surface area contributed by atoms with Crippen LogP contribution in [0.15, 0.2) is 36.5 Å². The predicted molar refractivity (Wildman–Crippen MR) is 115 cm³/mol. The van der Waals surface area contributed by atoms with Crippen LogP contribution in [0.1, 0.15) is 55.8 Å². The van der Waals surface area contributed by atoms with E-state index in [0.29, 0.717) is 23.4 Å². The standard InChI is InChI=1S/C23H25F3N4O2/c1-22(2,3)14-9-15(10-14)30-12-13-8-18(19(32-4)11-17(13)29-30)28-21(31)16-6-5-7-20(27-16)23(24,25)26/h5-8,11-12,14-15H,9-10H2,1-4H3,(H,28,31). The zero-order chi connectivity index (χ0) is 23.3. The second-order valence-electron chi connectivity index (χ2n) is 9.27. The van der Waals surface area contributed by atoms with Crippen LogP contribution in [0, 0.1) is 11.3 Å². The molecule has 9 heteroatoms. The normalized spacial score (nSPS) is 19.0. The smallest absolute Gasteiger partial charge is 0.433 e. The topological polar surface area (TPSA) is 69.0 Å². The molecule has 2 heterocycles. The highest BCUT2D eigenvalue weighted by molar-refractivity contribution is 6.05. The molecule has 1 saturated carbocycles. The molecule has 1 aromatic carbocycles. The van der Waals surface area contributed by atoms with Crippen molar-refractivity contribution in [2.24, 2.45) is 11.3 Å². The number of pyridine rings is 1. The minimum absolute atomic E-state index is 0.265. The van der Waals surface area contributed by atoms with E-state index < -0.39 is 17.8 Å². The number of hydrogen-bond donors (Lipinski definition) is 1. The lowest BCUT2D eigenvalue weighted by atomic mass is 9.66. The van der Waals surface area contributed by atoms with Crippen molar-refractivity contribution in [2.75, 3.05) is 12.4 Å². The van der Waals surface area contributed by atoms with E-state index in [4.69, 9.17) is 4.74 Å². The van der Waals surface area contributed by atoms with Crippen molar-refractivity contribution in [2.45, 2.75) is 45.8 Å². The number of nitrogens with one attached hydrogen (secondary N) is 1. The molecule has 0 unspecified atom stereocenters. The van der Waals surface area contributed by atoms with E-state index in [1.807, 2.05) is 10.9 Å². The third kappa shape index (κ3) is 4.28. The zero-order valence-corrected chi connectivity index (χ0v) is 18.3. The summed E-state index contributed by atoms with van der Waals surface area (Å²) in [6.45, 7) is 6.73. The van der Waals surface area contributed by atoms with Crippen molar-refractivity contribution in [1.82, 2.24) is 14.8 Å². The van der Waals surface area contributed by atoms with Crippen molar-refractivity contribution in [3.05, 3.63) is 47.9 Å². The van der Waals surface area contributed by atoms with Crippen LogP contribution < -0.4 is 10.1 Å². The lowest BCUT2D eigenvalue weighted by Gasteiger charge is -2.43. The molecule has 3 aromatic rings. The van der Waals surface area contributed by atoms with Crippen LogP contribution in [0.2, 0.25) is 0 Å². The molecular formula is C23H25F3N4O2. The number of hydrogen-bond acceptors (Lipinski definition) is 4. The van der Waals surface area contributed by atoms with Gasteiger partial charge in [-0.2, -0.15) is 18.3 Å². The van der Waals surface area contributed by atoms with E-state index in [1.165, 1.54) is 13.2 Å². The van der Waals surface area contributed by atoms with Gasteiger partial charge in [-0.15, -0.1) is 0 Å². The first kappa shape index (κ1) is 22.1. The fourth-order valence-corrected chi connectivity index (χ4v) is 3.94. The molecule has 0 radical (unpaired) electrons. The predicted octanol–water partition coefficient (Wildman–Crippen LogP) is 5.71. The third-order valence-corrected chi connectivity index (χ3v) is 6.08. The molecule has 6 nitrogen and oxygen atoms in total. The first-order chi connectivity index (χ1) is 15.0. The highest BCUT2D eigenvalue weighted by Crippen LogP contribution is 2.47. The Morgan fingerprint density at radius 3 is 2.53 bits per heavy atom. The molecule has 32 heavy (non-hydrogen) atoms. The number of ether oxygens (including phenoxy) is 1. The molecule has 170 valence electrons. The van der Waals surface area contributed by atoms with Gasteiger partial charge in [-0.1, -0.05) is 26.8 Å². The van der Waals surface area contributed by atoms with E-state index in [-0.39, 0.29) is 11.1 Å². The largest absolute Gasteiger partial charge is 0.494 e. The minimum Gasteiger partial charge on any atom is -0.494 e. The van der Waals surface area contributed by atoms with Crippen molar-refractivity contribution in [1.29, 1.82) is 0 Å². The summed E-state index contributed by atoms with van der Waals surface area (Å²) in [5.41, 5.74) is -0.134. The maximum atomic E-state index is 12.9. The van der Waals surface area contributed by atoms with E-state index >= 15 is 0 Å². The van der Waals surface area contributed by atoms with Crippen LogP contribution in [0.4, 0.5) is 18.9 Å². The van der Waals surface area contributed by atoms with Crippen LogP contribution in [0.3, 0.4) is 0 Å². The highest BCUT2D eigenvalue weighted by Gasteiger charge is 2.38. The van der Waals surface area contributed by atoms with Gasteiger partial charge in [-0.25, -0.2) is 4.98 Å². The number of carbonyl (C=O) groups is 1. The van der Waals surface area contributed by atoms with Gasteiger partial charge in [0.1, 0.15) is 17.1 Å². The summed E-state index contributed by atoms with van der Waals surface area (Å²) in [5.74, 6) is 0.251. The molecule has 0 spiro atoms. The van der Waals surface area contributed by atoms with E-state index in [1.54, 1.807) is 12.1 Å². The summed E-state index contributed by atoms with van der Waals surface area (Å²) in [6, 6.07) is 6.95. The molecule has 1 fully saturated rings. The van der Waals surface area contributed by atoms with Gasteiger partial charge in [-0.3, -0.25) is 9.48 Å². The number of alkyl halides is 3. The number of carbonyl (C=O) groups excluding carboxylic acids is 1. The van der Waals surface area contributed by atoms with Crippen LogP contribution in [-0.2, 0) is 6.18 Å². The zero-order valence-electron chi connectivity index (χ0n) is 18.3. The van der Waals surface area contributed by atoms with Gasteiger partial charge in [0.2, 0.25) is 0 Å². The van der Waals surface area contributed by atoms with Crippen molar-refractivity contribution >= 4 is 22.5 Å². The summed E-state index contributed by atoms with van der Waals surface area (Å²) >= 11 is 0. The molecule has 4 rings (SSSR count). The molecule has 0 saturated heterocycles. The van der Waals surface area contributed by atoms with Gasteiger partial charge >= 0.3 is 6.18 Å². The molecular weight excluding hydrogens is 421 g/mol. The maximum Gasteiger partial charge on any atom is 0.433 e. The van der Waals surface area contributed by atoms with Crippen LogP contribution >= 0.6 is 0 Å². The number of methoxy groups -OCH3 is 1. The Kier molecular flexibility index (Phi) is 5.38. The summed E-state index contributed by atoms with van der Waals surface area (Å²) in [6.07, 6.45) is -0.593. The minimum atomic E-state index is -4.63. The Morgan fingerprint density at radius 1 is 1.19 bits per heavy atom. The Morgan fingerprint density at radius 2 is 1.91 bits per heavy atom. The van der Waals surface area contributed by atoms with E-state index in [9.17, 15) is 18.0 Å². The maximum absolute atomic E-state index is 12.9. The number of halogens is 3. The van der Waals surface area contributed by atoms with Crippen LogP contribution in [0.25, 0.3) is 10.9 Å². The van der Waals surface area contributed by atoms with Gasteiger partial charge in [0, 0.05) is 17.6 Å². The van der Waals surface area contributed by atoms with Gasteiger partial charge < -0.3 is 10.1 Å². The Labute approximate surface area is 183 Å². The first-order valence-corrected chi connectivity index (χ1v) is 10.4. The number of amides is 1. The average molecular weight is 446 g/mol. The van der Waals surface area contributed by atoms with E-state index in [0.717, 1.165) is 35.9 Å². The number of benzene rings is 1. The Bertz CT molecular complexity index is 1160. The fourth-order valence-electron chi connectivity index (χ4n) is 3.94. The first-order valence-electron chi connectivity index (χ1n) is 10.4. The SMILES string of the molecule is COc1cc2nn(C3CC(C(C)(C)C)C3)cc2cc1NC(=O)c1cccc(C(F)(F)F)n1. The van der Waals surface area contributed by atoms with Gasteiger partial charge in [0.05, 0.1) is 24.4 Å². The molecule has 1 aliphatic carbocycles. The molecule has 0 aliphatic heterocycles. The Hall–Kier alpha value is -3.10. The number of rotatable bonds is 4. The second kappa shape index (κ2) is 7.79. The number of aromatic nitrogens is 3. The number of fused-ring (bicyclic) bond motifs is 1. The van der Waals surface area contributed by atoms with Crippen molar-refractivity contribution in [3.63, 3.8) is 0 Å². The summed E-state index contributed by atoms with van der Waals surface area (Å²) in [7, 11) is 1.45. The summed E-state index contributed by atoms with van der Waals surface area (Å²) < 4.78 is 46.1. The van der Waals surface area contributed by atoms with Gasteiger partial charge in [0.25, 0.3) is 5.91 Å². The molecule has 1 aliphatic rings. The van der Waals surface area contributed by atoms with Gasteiger partial charge in [0.15, 0.2) is 0 Å². The van der Waals surface area contributed by atoms with Gasteiger partial charge in [-0.05, 0) is 42.4 Å². The molecule has 0 bridgehead atoms. The third-order valence-electron chi connectivity index (χ3n) is 6.08.